The van der Waals surface area contributed by atoms with Crippen molar-refractivity contribution in [1.29, 1.82) is 0 Å². The molecule has 0 bridgehead atoms. The number of benzene rings is 2. The smallest absolute Gasteiger partial charge is 0.0510 e. The summed E-state index contributed by atoms with van der Waals surface area (Å²) in [4.78, 5) is 0. The molecule has 0 radical (unpaired) electrons. The first-order valence-corrected chi connectivity index (χ1v) is 7.15. The molecule has 1 fully saturated rings. The fourth-order valence-electron chi connectivity index (χ4n) is 4.34. The Kier molecular flexibility index (Phi) is 2.19. The molecule has 1 N–H and O–H groups in total. The Balaban J connectivity index is 1.95. The maximum absolute atomic E-state index is 3.79. The van der Waals surface area contributed by atoms with Crippen molar-refractivity contribution < 1.29 is 0 Å². The number of fused-ring (bicyclic) bond motifs is 3. The topological polar surface area (TPSA) is 12.0 Å². The van der Waals surface area contributed by atoms with Gasteiger partial charge in [-0.3, -0.25) is 0 Å². The molecule has 19 heavy (non-hydrogen) atoms. The zero-order valence-corrected chi connectivity index (χ0v) is 11.3. The molecule has 0 spiro atoms. The van der Waals surface area contributed by atoms with Gasteiger partial charge in [-0.1, -0.05) is 54.6 Å². The molecular formula is C18H19N. The maximum Gasteiger partial charge on any atom is 0.0510 e. The van der Waals surface area contributed by atoms with Crippen LogP contribution in [-0.2, 0) is 17.4 Å². The average molecular weight is 249 g/mol. The summed E-state index contributed by atoms with van der Waals surface area (Å²) in [5.74, 6) is 0. The molecule has 1 nitrogen and oxygen atoms in total. The molecule has 0 amide bonds. The van der Waals surface area contributed by atoms with E-state index in [4.69, 9.17) is 0 Å². The van der Waals surface area contributed by atoms with Crippen molar-refractivity contribution >= 4 is 0 Å². The molecule has 1 heteroatoms. The monoisotopic (exact) mass is 249 g/mol. The fourth-order valence-corrected chi connectivity index (χ4v) is 4.34. The van der Waals surface area contributed by atoms with Gasteiger partial charge < -0.3 is 5.32 Å². The van der Waals surface area contributed by atoms with Crippen molar-refractivity contribution in [3.63, 3.8) is 0 Å². The second kappa shape index (κ2) is 3.71. The number of rotatable bonds is 1. The molecule has 1 aliphatic carbocycles. The first-order chi connectivity index (χ1) is 9.26. The van der Waals surface area contributed by atoms with Crippen LogP contribution in [-0.4, -0.2) is 6.54 Å². The average Bonchev–Trinajstić information content (AvgIpc) is 2.90. The van der Waals surface area contributed by atoms with E-state index >= 15 is 0 Å². The third-order valence-corrected chi connectivity index (χ3v) is 5.36. The largest absolute Gasteiger partial charge is 0.307 e. The van der Waals surface area contributed by atoms with Gasteiger partial charge >= 0.3 is 0 Å². The number of hydrogen-bond donors (Lipinski definition) is 1. The predicted molar refractivity (Wildman–Crippen MR) is 78.2 cm³/mol. The summed E-state index contributed by atoms with van der Waals surface area (Å²) in [5.41, 5.74) is 4.82. The minimum atomic E-state index is 0.0882. The SMILES string of the molecule is C[C@@]12NCC[C@]1(c1ccccc1)Cc1ccccc12. The standard InChI is InChI=1S/C18H19N/c1-17-16-10-6-5-7-14(16)13-18(17,11-12-19-17)15-8-3-2-4-9-15/h2-10,19H,11-13H2,1H3/t17-,18+/m0/s1. The van der Waals surface area contributed by atoms with Crippen LogP contribution in [0.2, 0.25) is 0 Å². The van der Waals surface area contributed by atoms with Gasteiger partial charge in [0, 0.05) is 5.41 Å². The molecule has 2 aliphatic rings. The van der Waals surface area contributed by atoms with E-state index in [1.807, 2.05) is 0 Å². The molecule has 4 rings (SSSR count). The normalized spacial score (nSPS) is 32.1. The van der Waals surface area contributed by atoms with Crippen molar-refractivity contribution in [3.05, 3.63) is 71.3 Å². The Morgan fingerprint density at radius 1 is 0.947 bits per heavy atom. The van der Waals surface area contributed by atoms with Crippen LogP contribution in [0.15, 0.2) is 54.6 Å². The molecule has 0 saturated carbocycles. The van der Waals surface area contributed by atoms with Crippen LogP contribution in [0, 0.1) is 0 Å². The second-order valence-corrected chi connectivity index (χ2v) is 6.08. The van der Waals surface area contributed by atoms with Gasteiger partial charge in [-0.25, -0.2) is 0 Å². The summed E-state index contributed by atoms with van der Waals surface area (Å²) in [7, 11) is 0. The van der Waals surface area contributed by atoms with E-state index in [0.717, 1.165) is 13.0 Å². The first-order valence-electron chi connectivity index (χ1n) is 7.15. The summed E-state index contributed by atoms with van der Waals surface area (Å²) in [5, 5.41) is 3.79. The van der Waals surface area contributed by atoms with Gasteiger partial charge in [0.05, 0.1) is 5.54 Å². The Hall–Kier alpha value is -1.60. The van der Waals surface area contributed by atoms with E-state index in [1.54, 1.807) is 0 Å². The van der Waals surface area contributed by atoms with Crippen molar-refractivity contribution in [2.45, 2.75) is 30.7 Å². The fraction of sp³-hybridized carbons (Fsp3) is 0.333. The highest BCUT2D eigenvalue weighted by Crippen LogP contribution is 2.56. The van der Waals surface area contributed by atoms with Gasteiger partial charge in [-0.15, -0.1) is 0 Å². The van der Waals surface area contributed by atoms with E-state index in [-0.39, 0.29) is 11.0 Å². The van der Waals surface area contributed by atoms with Gasteiger partial charge in [0.25, 0.3) is 0 Å². The first kappa shape index (κ1) is 11.2. The van der Waals surface area contributed by atoms with Crippen LogP contribution in [0.5, 0.6) is 0 Å². The van der Waals surface area contributed by atoms with Crippen LogP contribution in [0.4, 0.5) is 0 Å². The van der Waals surface area contributed by atoms with Crippen molar-refractivity contribution in [1.82, 2.24) is 5.32 Å². The summed E-state index contributed by atoms with van der Waals surface area (Å²) in [6.07, 6.45) is 2.39. The van der Waals surface area contributed by atoms with Crippen LogP contribution < -0.4 is 5.32 Å². The molecule has 0 aromatic heterocycles. The Morgan fingerprint density at radius 3 is 2.53 bits per heavy atom. The molecule has 2 aromatic carbocycles. The van der Waals surface area contributed by atoms with Crippen molar-refractivity contribution in [2.75, 3.05) is 6.54 Å². The number of nitrogens with one attached hydrogen (secondary N) is 1. The molecule has 2 atom stereocenters. The Bertz CT molecular complexity index is 619. The van der Waals surface area contributed by atoms with Crippen molar-refractivity contribution in [2.24, 2.45) is 0 Å². The van der Waals surface area contributed by atoms with Crippen LogP contribution in [0.3, 0.4) is 0 Å². The van der Waals surface area contributed by atoms with Gasteiger partial charge in [0.2, 0.25) is 0 Å². The third-order valence-electron chi connectivity index (χ3n) is 5.36. The lowest BCUT2D eigenvalue weighted by molar-refractivity contribution is 0.280. The zero-order valence-electron chi connectivity index (χ0n) is 11.3. The van der Waals surface area contributed by atoms with Gasteiger partial charge in [0.15, 0.2) is 0 Å². The van der Waals surface area contributed by atoms with Gasteiger partial charge in [0.1, 0.15) is 0 Å². The van der Waals surface area contributed by atoms with Crippen molar-refractivity contribution in [3.8, 4) is 0 Å². The molecule has 0 unspecified atom stereocenters. The molecule has 96 valence electrons. The van der Waals surface area contributed by atoms with Crippen LogP contribution in [0.1, 0.15) is 30.0 Å². The second-order valence-electron chi connectivity index (χ2n) is 6.08. The van der Waals surface area contributed by atoms with E-state index in [9.17, 15) is 0 Å². The summed E-state index contributed by atoms with van der Waals surface area (Å²) >= 11 is 0. The van der Waals surface area contributed by atoms with Gasteiger partial charge in [-0.2, -0.15) is 0 Å². The van der Waals surface area contributed by atoms with Crippen LogP contribution >= 0.6 is 0 Å². The summed E-state index contributed by atoms with van der Waals surface area (Å²) in [6, 6.07) is 20.0. The highest BCUT2D eigenvalue weighted by Gasteiger charge is 2.58. The molecule has 2 aromatic rings. The minimum Gasteiger partial charge on any atom is -0.307 e. The lowest BCUT2D eigenvalue weighted by Crippen LogP contribution is -2.46. The quantitative estimate of drug-likeness (QED) is 0.817. The van der Waals surface area contributed by atoms with Gasteiger partial charge in [-0.05, 0) is 43.0 Å². The van der Waals surface area contributed by atoms with E-state index in [1.165, 1.54) is 23.1 Å². The molecule has 1 aliphatic heterocycles. The Labute approximate surface area is 114 Å². The molecule has 1 saturated heterocycles. The highest BCUT2D eigenvalue weighted by molar-refractivity contribution is 5.50. The summed E-state index contributed by atoms with van der Waals surface area (Å²) in [6.45, 7) is 3.50. The lowest BCUT2D eigenvalue weighted by atomic mass is 9.67. The Morgan fingerprint density at radius 2 is 1.68 bits per heavy atom. The summed E-state index contributed by atoms with van der Waals surface area (Å²) < 4.78 is 0. The predicted octanol–water partition coefficient (Wildman–Crippen LogP) is 3.39. The third kappa shape index (κ3) is 1.29. The van der Waals surface area contributed by atoms with E-state index in [2.05, 4.69) is 66.8 Å². The molecule has 1 heterocycles. The van der Waals surface area contributed by atoms with E-state index in [0.29, 0.717) is 0 Å². The molecular weight excluding hydrogens is 230 g/mol. The lowest BCUT2D eigenvalue weighted by Gasteiger charge is -2.39. The highest BCUT2D eigenvalue weighted by atomic mass is 15.0. The minimum absolute atomic E-state index is 0.0882. The van der Waals surface area contributed by atoms with Crippen LogP contribution in [0.25, 0.3) is 0 Å². The van der Waals surface area contributed by atoms with E-state index < -0.39 is 0 Å². The maximum atomic E-state index is 3.79. The zero-order chi connectivity index (χ0) is 12.9. The number of hydrogen-bond acceptors (Lipinski definition) is 1.